The van der Waals surface area contributed by atoms with Crippen molar-refractivity contribution in [3.8, 4) is 0 Å². The average Bonchev–Trinajstić information content (AvgIpc) is 2.09. The summed E-state index contributed by atoms with van der Waals surface area (Å²) in [5.41, 5.74) is 5.18. The van der Waals surface area contributed by atoms with Gasteiger partial charge >= 0.3 is 0 Å². The molecule has 0 bridgehead atoms. The van der Waals surface area contributed by atoms with Crippen LogP contribution in [0.4, 0.5) is 0 Å². The molecule has 0 rings (SSSR count). The van der Waals surface area contributed by atoms with Gasteiger partial charge in [-0.1, -0.05) is 12.8 Å². The third-order valence-corrected chi connectivity index (χ3v) is 2.68. The summed E-state index contributed by atoms with van der Waals surface area (Å²) >= 11 is 4.16. The van der Waals surface area contributed by atoms with Crippen LogP contribution in [-0.4, -0.2) is 36.7 Å². The zero-order valence-electron chi connectivity index (χ0n) is 9.20. The molecule has 0 radical (unpaired) electrons. The van der Waals surface area contributed by atoms with Crippen molar-refractivity contribution in [1.82, 2.24) is 4.90 Å². The van der Waals surface area contributed by atoms with Crippen LogP contribution in [0.3, 0.4) is 0 Å². The molecule has 0 spiro atoms. The number of unbranched alkanes of at least 4 members (excludes halogenated alkanes) is 2. The van der Waals surface area contributed by atoms with Crippen LogP contribution in [0, 0.1) is 0 Å². The molecule has 0 fully saturated rings. The Labute approximate surface area is 92.4 Å². The minimum Gasteiger partial charge on any atom is -0.370 e. The van der Waals surface area contributed by atoms with Crippen LogP contribution >= 0.6 is 12.6 Å². The summed E-state index contributed by atoms with van der Waals surface area (Å²) in [7, 11) is 3.98. The number of carbonyl (C=O) groups is 1. The first-order chi connectivity index (χ1) is 6.57. The minimum atomic E-state index is -0.210. The highest BCUT2D eigenvalue weighted by atomic mass is 32.1. The van der Waals surface area contributed by atoms with E-state index in [4.69, 9.17) is 5.73 Å². The Morgan fingerprint density at radius 1 is 1.36 bits per heavy atom. The van der Waals surface area contributed by atoms with Gasteiger partial charge in [-0.25, -0.2) is 0 Å². The molecule has 0 aromatic heterocycles. The molecule has 14 heavy (non-hydrogen) atoms. The lowest BCUT2D eigenvalue weighted by atomic mass is 10.0. The Bertz CT molecular complexity index is 162. The van der Waals surface area contributed by atoms with Gasteiger partial charge in [0.15, 0.2) is 0 Å². The number of thiol groups is 1. The molecular weight excluding hydrogens is 196 g/mol. The number of nitrogens with two attached hydrogens (primary N) is 1. The Kier molecular flexibility index (Phi) is 7.99. The van der Waals surface area contributed by atoms with Crippen LogP contribution in [0.5, 0.6) is 0 Å². The summed E-state index contributed by atoms with van der Waals surface area (Å²) in [5, 5.41) is 0. The largest absolute Gasteiger partial charge is 0.370 e. The number of hydrogen-bond donors (Lipinski definition) is 2. The molecule has 1 unspecified atom stereocenters. The van der Waals surface area contributed by atoms with Gasteiger partial charge in [0.25, 0.3) is 0 Å². The van der Waals surface area contributed by atoms with Gasteiger partial charge in [-0.3, -0.25) is 4.79 Å². The molecular formula is C10H22N2OS. The van der Waals surface area contributed by atoms with Crippen molar-refractivity contribution in [2.75, 3.05) is 19.8 Å². The molecule has 0 aromatic carbocycles. The van der Waals surface area contributed by atoms with E-state index in [1.807, 2.05) is 14.1 Å². The van der Waals surface area contributed by atoms with E-state index in [1.54, 1.807) is 0 Å². The van der Waals surface area contributed by atoms with Crippen molar-refractivity contribution in [3.63, 3.8) is 0 Å². The smallest absolute Gasteiger partial charge is 0.218 e. The fraction of sp³-hybridized carbons (Fsp3) is 0.900. The number of primary amides is 1. The lowest BCUT2D eigenvalue weighted by Gasteiger charge is -2.22. The van der Waals surface area contributed by atoms with E-state index < -0.39 is 0 Å². The maximum absolute atomic E-state index is 10.8. The molecule has 0 aromatic rings. The number of carbonyl (C=O) groups excluding carboxylic acids is 1. The number of hydrogen-bond acceptors (Lipinski definition) is 3. The lowest BCUT2D eigenvalue weighted by molar-refractivity contribution is -0.119. The topological polar surface area (TPSA) is 46.3 Å². The van der Waals surface area contributed by atoms with Crippen molar-refractivity contribution in [1.29, 1.82) is 0 Å². The normalized spacial score (nSPS) is 13.1. The maximum atomic E-state index is 10.8. The molecule has 0 aliphatic heterocycles. The highest BCUT2D eigenvalue weighted by Gasteiger charge is 2.13. The van der Waals surface area contributed by atoms with E-state index in [-0.39, 0.29) is 5.91 Å². The predicted molar refractivity (Wildman–Crippen MR) is 63.6 cm³/mol. The third-order valence-electron chi connectivity index (χ3n) is 2.36. The predicted octanol–water partition coefficient (Wildman–Crippen LogP) is 1.28. The first-order valence-corrected chi connectivity index (χ1v) is 5.76. The van der Waals surface area contributed by atoms with Gasteiger partial charge in [-0.2, -0.15) is 12.6 Å². The summed E-state index contributed by atoms with van der Waals surface area (Å²) in [5.74, 6) is 0.737. The van der Waals surface area contributed by atoms with E-state index >= 15 is 0 Å². The summed E-state index contributed by atoms with van der Waals surface area (Å²) in [6.45, 7) is 0. The van der Waals surface area contributed by atoms with Crippen molar-refractivity contribution >= 4 is 18.5 Å². The zero-order valence-corrected chi connectivity index (χ0v) is 10.1. The first-order valence-electron chi connectivity index (χ1n) is 5.13. The molecule has 4 heteroatoms. The Morgan fingerprint density at radius 3 is 2.43 bits per heavy atom. The van der Waals surface area contributed by atoms with Gasteiger partial charge in [0.2, 0.25) is 5.91 Å². The second-order valence-corrected chi connectivity index (χ2v) is 4.31. The highest BCUT2D eigenvalue weighted by Crippen LogP contribution is 2.10. The second-order valence-electron chi connectivity index (χ2n) is 3.86. The average molecular weight is 218 g/mol. The van der Waals surface area contributed by atoms with E-state index in [2.05, 4.69) is 17.5 Å². The summed E-state index contributed by atoms with van der Waals surface area (Å²) < 4.78 is 0. The summed E-state index contributed by atoms with van der Waals surface area (Å²) in [4.78, 5) is 12.9. The van der Waals surface area contributed by atoms with Gasteiger partial charge in [-0.15, -0.1) is 0 Å². The van der Waals surface area contributed by atoms with E-state index in [1.165, 1.54) is 6.42 Å². The van der Waals surface area contributed by atoms with Gasteiger partial charge < -0.3 is 10.6 Å². The molecule has 3 nitrogen and oxygen atoms in total. The molecule has 0 aliphatic carbocycles. The molecule has 2 N–H and O–H groups in total. The molecule has 0 saturated carbocycles. The Hall–Kier alpha value is -0.220. The van der Waals surface area contributed by atoms with Crippen molar-refractivity contribution in [2.24, 2.45) is 5.73 Å². The maximum Gasteiger partial charge on any atom is 0.218 e. The molecule has 0 heterocycles. The van der Waals surface area contributed by atoms with Crippen LogP contribution < -0.4 is 5.73 Å². The molecule has 1 amide bonds. The highest BCUT2D eigenvalue weighted by molar-refractivity contribution is 7.80. The van der Waals surface area contributed by atoms with Crippen LogP contribution in [0.25, 0.3) is 0 Å². The van der Waals surface area contributed by atoms with Gasteiger partial charge in [0, 0.05) is 12.5 Å². The first kappa shape index (κ1) is 13.8. The van der Waals surface area contributed by atoms with Gasteiger partial charge in [0.1, 0.15) is 0 Å². The molecule has 0 aliphatic rings. The van der Waals surface area contributed by atoms with Crippen molar-refractivity contribution in [3.05, 3.63) is 0 Å². The molecule has 84 valence electrons. The molecule has 0 saturated heterocycles. The van der Waals surface area contributed by atoms with Crippen LogP contribution in [0.1, 0.15) is 32.1 Å². The Balaban J connectivity index is 3.68. The van der Waals surface area contributed by atoms with E-state index in [0.717, 1.165) is 25.0 Å². The lowest BCUT2D eigenvalue weighted by Crippen LogP contribution is -2.32. The van der Waals surface area contributed by atoms with Gasteiger partial charge in [0.05, 0.1) is 0 Å². The Morgan fingerprint density at radius 2 is 2.00 bits per heavy atom. The number of rotatable bonds is 8. The molecule has 1 atom stereocenters. The van der Waals surface area contributed by atoms with Crippen molar-refractivity contribution < 1.29 is 4.79 Å². The number of amides is 1. The third kappa shape index (κ3) is 7.21. The minimum absolute atomic E-state index is 0.210. The fourth-order valence-corrected chi connectivity index (χ4v) is 1.67. The van der Waals surface area contributed by atoms with E-state index in [9.17, 15) is 4.79 Å². The SMILES string of the molecule is CN(C)C(CCCCCS)CC(N)=O. The monoisotopic (exact) mass is 218 g/mol. The quantitative estimate of drug-likeness (QED) is 0.476. The van der Waals surface area contributed by atoms with Crippen LogP contribution in [0.15, 0.2) is 0 Å². The van der Waals surface area contributed by atoms with E-state index in [0.29, 0.717) is 12.5 Å². The second kappa shape index (κ2) is 8.12. The summed E-state index contributed by atoms with van der Waals surface area (Å²) in [6, 6.07) is 0.299. The van der Waals surface area contributed by atoms with Crippen LogP contribution in [0.2, 0.25) is 0 Å². The standard InChI is InChI=1S/C10H22N2OS/c1-12(2)9(8-10(11)13)6-4-3-5-7-14/h9,14H,3-8H2,1-2H3,(H2,11,13). The zero-order chi connectivity index (χ0) is 11.0. The van der Waals surface area contributed by atoms with Crippen molar-refractivity contribution in [2.45, 2.75) is 38.1 Å². The van der Waals surface area contributed by atoms with Gasteiger partial charge in [-0.05, 0) is 32.7 Å². The summed E-state index contributed by atoms with van der Waals surface area (Å²) in [6.07, 6.45) is 5.00. The van der Waals surface area contributed by atoms with Crippen LogP contribution in [-0.2, 0) is 4.79 Å². The fourth-order valence-electron chi connectivity index (χ4n) is 1.44. The number of nitrogens with zero attached hydrogens (tertiary/aromatic N) is 1.